The molecule has 0 radical (unpaired) electrons. The van der Waals surface area contributed by atoms with Crippen LogP contribution in [0.3, 0.4) is 0 Å². The number of hydrogen-bond acceptors (Lipinski definition) is 6. The summed E-state index contributed by atoms with van der Waals surface area (Å²) in [4.78, 5) is 8.55. The Bertz CT molecular complexity index is 569. The van der Waals surface area contributed by atoms with Gasteiger partial charge < -0.3 is 14.6 Å². The molecule has 0 unspecified atom stereocenters. The Morgan fingerprint density at radius 2 is 2.25 bits per heavy atom. The van der Waals surface area contributed by atoms with Gasteiger partial charge in [-0.3, -0.25) is 4.98 Å². The molecule has 1 saturated heterocycles. The Hall–Kier alpha value is -1.31. The largest absolute Gasteiger partial charge is 0.368 e. The maximum absolute atomic E-state index is 5.78. The normalized spacial score (nSPS) is 16.4. The minimum absolute atomic E-state index is 0.271. The molecular weight excluding hydrogens is 324 g/mol. The quantitative estimate of drug-likeness (QED) is 0.920. The molecule has 0 bridgehead atoms. The molecule has 20 heavy (non-hydrogen) atoms. The number of rotatable bonds is 4. The molecule has 2 aromatic rings. The summed E-state index contributed by atoms with van der Waals surface area (Å²) >= 11 is 3.42. The molecule has 0 atom stereocenters. The highest BCUT2D eigenvalue weighted by Gasteiger charge is 2.16. The first-order chi connectivity index (χ1) is 9.83. The Kier molecular flexibility index (Phi) is 4.39. The number of aromatic nitrogens is 3. The van der Waals surface area contributed by atoms with E-state index >= 15 is 0 Å². The number of pyridine rings is 1. The van der Waals surface area contributed by atoms with Gasteiger partial charge >= 0.3 is 0 Å². The Labute approximate surface area is 125 Å². The summed E-state index contributed by atoms with van der Waals surface area (Å²) in [5.74, 6) is 0.956. The van der Waals surface area contributed by atoms with Crippen LogP contribution in [0, 0.1) is 0 Å². The molecule has 1 N–H and O–H groups in total. The average molecular weight is 339 g/mol. The van der Waals surface area contributed by atoms with Crippen LogP contribution in [0.2, 0.25) is 0 Å². The van der Waals surface area contributed by atoms with E-state index in [2.05, 4.69) is 36.4 Å². The molecule has 3 rings (SSSR count). The van der Waals surface area contributed by atoms with Gasteiger partial charge in [0.2, 0.25) is 5.82 Å². The summed E-state index contributed by atoms with van der Waals surface area (Å²) in [5.41, 5.74) is 0.671. The van der Waals surface area contributed by atoms with E-state index in [0.717, 1.165) is 30.4 Å². The smallest absolute Gasteiger partial charge is 0.253 e. The van der Waals surface area contributed by atoms with Gasteiger partial charge in [0.15, 0.2) is 0 Å². The van der Waals surface area contributed by atoms with Crippen molar-refractivity contribution in [2.24, 2.45) is 0 Å². The molecule has 3 heterocycles. The third-order valence-corrected chi connectivity index (χ3v) is 3.81. The molecule has 7 heteroatoms. The van der Waals surface area contributed by atoms with Crippen LogP contribution in [-0.4, -0.2) is 34.3 Å². The summed E-state index contributed by atoms with van der Waals surface area (Å²) in [7, 11) is 0. The zero-order chi connectivity index (χ0) is 13.8. The highest BCUT2D eigenvalue weighted by molar-refractivity contribution is 9.10. The molecule has 1 fully saturated rings. The summed E-state index contributed by atoms with van der Waals surface area (Å²) in [6, 6.07) is 3.73. The van der Waals surface area contributed by atoms with Gasteiger partial charge in [-0.15, -0.1) is 0 Å². The number of ether oxygens (including phenoxy) is 1. The SMILES string of the molecule is Brc1cccnc1-c1noc(COC2CCNCC2)n1. The fraction of sp³-hybridized carbons (Fsp3) is 0.462. The van der Waals surface area contributed by atoms with Crippen LogP contribution in [0.5, 0.6) is 0 Å². The molecule has 0 aromatic carbocycles. The summed E-state index contributed by atoms with van der Waals surface area (Å²) < 4.78 is 11.8. The minimum Gasteiger partial charge on any atom is -0.368 e. The molecule has 2 aromatic heterocycles. The maximum Gasteiger partial charge on any atom is 0.253 e. The predicted molar refractivity (Wildman–Crippen MR) is 75.9 cm³/mol. The summed E-state index contributed by atoms with van der Waals surface area (Å²) in [6.07, 6.45) is 4.01. The van der Waals surface area contributed by atoms with Crippen molar-refractivity contribution in [3.05, 3.63) is 28.7 Å². The van der Waals surface area contributed by atoms with E-state index in [1.807, 2.05) is 12.1 Å². The molecule has 0 aliphatic carbocycles. The van der Waals surface area contributed by atoms with Crippen LogP contribution < -0.4 is 5.32 Å². The Morgan fingerprint density at radius 3 is 3.05 bits per heavy atom. The van der Waals surface area contributed by atoms with Gasteiger partial charge in [-0.25, -0.2) is 0 Å². The first-order valence-electron chi connectivity index (χ1n) is 6.59. The van der Waals surface area contributed by atoms with Crippen molar-refractivity contribution in [2.75, 3.05) is 13.1 Å². The minimum atomic E-state index is 0.271. The van der Waals surface area contributed by atoms with Gasteiger partial charge in [-0.2, -0.15) is 4.98 Å². The standard InChI is InChI=1S/C13H15BrN4O2/c14-10-2-1-5-16-12(10)13-17-11(20-18-13)8-19-9-3-6-15-7-4-9/h1-2,5,9,15H,3-4,6-8H2. The number of nitrogens with zero attached hydrogens (tertiary/aromatic N) is 3. The average Bonchev–Trinajstić information content (AvgIpc) is 2.95. The highest BCUT2D eigenvalue weighted by Crippen LogP contribution is 2.23. The topological polar surface area (TPSA) is 73.1 Å². The molecule has 0 saturated carbocycles. The van der Waals surface area contributed by atoms with E-state index in [0.29, 0.717) is 24.0 Å². The second-order valence-electron chi connectivity index (χ2n) is 4.61. The molecule has 0 amide bonds. The second-order valence-corrected chi connectivity index (χ2v) is 5.46. The van der Waals surface area contributed by atoms with Gasteiger partial charge in [0, 0.05) is 10.7 Å². The van der Waals surface area contributed by atoms with Gasteiger partial charge in [0.25, 0.3) is 5.89 Å². The molecular formula is C13H15BrN4O2. The molecule has 106 valence electrons. The van der Waals surface area contributed by atoms with Crippen molar-refractivity contribution in [1.29, 1.82) is 0 Å². The van der Waals surface area contributed by atoms with Gasteiger partial charge in [-0.1, -0.05) is 5.16 Å². The highest BCUT2D eigenvalue weighted by atomic mass is 79.9. The maximum atomic E-state index is 5.78. The number of hydrogen-bond donors (Lipinski definition) is 1. The van der Waals surface area contributed by atoms with Crippen LogP contribution in [0.1, 0.15) is 18.7 Å². The fourth-order valence-electron chi connectivity index (χ4n) is 2.11. The van der Waals surface area contributed by atoms with Crippen LogP contribution in [0.4, 0.5) is 0 Å². The summed E-state index contributed by atoms with van der Waals surface area (Å²) in [5, 5.41) is 7.24. The van der Waals surface area contributed by atoms with Crippen LogP contribution in [0.25, 0.3) is 11.5 Å². The third-order valence-electron chi connectivity index (χ3n) is 3.17. The monoisotopic (exact) mass is 338 g/mol. The lowest BCUT2D eigenvalue weighted by Gasteiger charge is -2.21. The van der Waals surface area contributed by atoms with E-state index in [4.69, 9.17) is 9.26 Å². The summed E-state index contributed by atoms with van der Waals surface area (Å²) in [6.45, 7) is 2.35. The van der Waals surface area contributed by atoms with Gasteiger partial charge in [-0.05, 0) is 54.0 Å². The second kappa shape index (κ2) is 6.43. The predicted octanol–water partition coefficient (Wildman–Crippen LogP) is 2.16. The van der Waals surface area contributed by atoms with E-state index in [1.165, 1.54) is 0 Å². The lowest BCUT2D eigenvalue weighted by Crippen LogP contribution is -2.32. The van der Waals surface area contributed by atoms with Crippen LogP contribution in [-0.2, 0) is 11.3 Å². The Morgan fingerprint density at radius 1 is 1.40 bits per heavy atom. The van der Waals surface area contributed by atoms with Crippen molar-refractivity contribution in [3.63, 3.8) is 0 Å². The first kappa shape index (κ1) is 13.7. The van der Waals surface area contributed by atoms with Gasteiger partial charge in [0.05, 0.1) is 6.10 Å². The van der Waals surface area contributed by atoms with E-state index in [1.54, 1.807) is 6.20 Å². The molecule has 6 nitrogen and oxygen atoms in total. The molecule has 1 aliphatic heterocycles. The number of halogens is 1. The van der Waals surface area contributed by atoms with Crippen molar-refractivity contribution in [1.82, 2.24) is 20.4 Å². The van der Waals surface area contributed by atoms with Crippen LogP contribution in [0.15, 0.2) is 27.3 Å². The molecule has 0 spiro atoms. The van der Waals surface area contributed by atoms with Crippen molar-refractivity contribution in [2.45, 2.75) is 25.6 Å². The number of piperidine rings is 1. The van der Waals surface area contributed by atoms with Crippen molar-refractivity contribution in [3.8, 4) is 11.5 Å². The number of nitrogens with one attached hydrogen (secondary N) is 1. The zero-order valence-electron chi connectivity index (χ0n) is 10.9. The Balaban J connectivity index is 1.63. The zero-order valence-corrected chi connectivity index (χ0v) is 12.5. The van der Waals surface area contributed by atoms with E-state index in [9.17, 15) is 0 Å². The fourth-order valence-corrected chi connectivity index (χ4v) is 2.54. The van der Waals surface area contributed by atoms with Gasteiger partial charge in [0.1, 0.15) is 12.3 Å². The molecule has 1 aliphatic rings. The lowest BCUT2D eigenvalue weighted by atomic mass is 10.1. The lowest BCUT2D eigenvalue weighted by molar-refractivity contribution is 0.00859. The van der Waals surface area contributed by atoms with Crippen LogP contribution >= 0.6 is 15.9 Å². The van der Waals surface area contributed by atoms with E-state index in [-0.39, 0.29) is 6.10 Å². The van der Waals surface area contributed by atoms with Crippen molar-refractivity contribution >= 4 is 15.9 Å². The van der Waals surface area contributed by atoms with E-state index < -0.39 is 0 Å². The van der Waals surface area contributed by atoms with Crippen molar-refractivity contribution < 1.29 is 9.26 Å². The third kappa shape index (κ3) is 3.23. The first-order valence-corrected chi connectivity index (χ1v) is 7.38.